The number of ether oxygens (including phenoxy) is 1. The molecule has 0 saturated carbocycles. The van der Waals surface area contributed by atoms with Crippen molar-refractivity contribution in [3.05, 3.63) is 24.2 Å². The molecule has 1 unspecified atom stereocenters. The van der Waals surface area contributed by atoms with E-state index in [-0.39, 0.29) is 5.60 Å². The molecule has 0 spiro atoms. The molecule has 78 valence electrons. The smallest absolute Gasteiger partial charge is 0.0935 e. The van der Waals surface area contributed by atoms with Crippen LogP contribution in [0.1, 0.15) is 24.8 Å². The van der Waals surface area contributed by atoms with Gasteiger partial charge in [0.15, 0.2) is 0 Å². The molecule has 1 aliphatic heterocycles. The van der Waals surface area contributed by atoms with Crippen molar-refractivity contribution in [1.29, 1.82) is 0 Å². The minimum atomic E-state index is -0.137. The summed E-state index contributed by atoms with van der Waals surface area (Å²) < 4.78 is 10.9. The van der Waals surface area contributed by atoms with E-state index >= 15 is 0 Å². The molecule has 0 radical (unpaired) electrons. The van der Waals surface area contributed by atoms with Crippen molar-refractivity contribution in [2.45, 2.75) is 31.3 Å². The van der Waals surface area contributed by atoms with E-state index in [1.54, 1.807) is 12.5 Å². The standard InChI is InChI=1S/C11H17NO2/c12-9-11(4-1-2-5-14-11)7-10-3-6-13-8-10/h3,6,8H,1-2,4-5,7,9,12H2. The maximum Gasteiger partial charge on any atom is 0.0935 e. The van der Waals surface area contributed by atoms with E-state index in [9.17, 15) is 0 Å². The average molecular weight is 195 g/mol. The Kier molecular flexibility index (Phi) is 2.89. The fourth-order valence-electron chi connectivity index (χ4n) is 2.05. The predicted molar refractivity (Wildman–Crippen MR) is 54.0 cm³/mol. The Morgan fingerprint density at radius 3 is 2.93 bits per heavy atom. The number of hydrogen-bond acceptors (Lipinski definition) is 3. The van der Waals surface area contributed by atoms with Crippen molar-refractivity contribution in [1.82, 2.24) is 0 Å². The summed E-state index contributed by atoms with van der Waals surface area (Å²) in [6.45, 7) is 1.44. The number of nitrogens with two attached hydrogens (primary N) is 1. The van der Waals surface area contributed by atoms with Gasteiger partial charge in [0, 0.05) is 19.6 Å². The molecule has 1 fully saturated rings. The highest BCUT2D eigenvalue weighted by Crippen LogP contribution is 2.27. The van der Waals surface area contributed by atoms with Gasteiger partial charge in [0.25, 0.3) is 0 Å². The van der Waals surface area contributed by atoms with E-state index in [0.29, 0.717) is 6.54 Å². The first-order valence-electron chi connectivity index (χ1n) is 5.20. The maximum absolute atomic E-state index is 5.82. The van der Waals surface area contributed by atoms with Crippen molar-refractivity contribution < 1.29 is 9.15 Å². The number of furan rings is 1. The van der Waals surface area contributed by atoms with E-state index in [2.05, 4.69) is 0 Å². The van der Waals surface area contributed by atoms with Crippen LogP contribution in [-0.4, -0.2) is 18.8 Å². The van der Waals surface area contributed by atoms with Crippen LogP contribution < -0.4 is 5.73 Å². The molecule has 3 heteroatoms. The highest BCUT2D eigenvalue weighted by molar-refractivity contribution is 5.10. The van der Waals surface area contributed by atoms with Gasteiger partial charge in [0.1, 0.15) is 0 Å². The Labute approximate surface area is 84.2 Å². The molecule has 0 aliphatic carbocycles. The van der Waals surface area contributed by atoms with Gasteiger partial charge in [-0.25, -0.2) is 0 Å². The topological polar surface area (TPSA) is 48.4 Å². The second kappa shape index (κ2) is 4.15. The summed E-state index contributed by atoms with van der Waals surface area (Å²) in [7, 11) is 0. The van der Waals surface area contributed by atoms with E-state index < -0.39 is 0 Å². The van der Waals surface area contributed by atoms with Gasteiger partial charge >= 0.3 is 0 Å². The molecule has 1 saturated heterocycles. The monoisotopic (exact) mass is 195 g/mol. The molecular formula is C11H17NO2. The van der Waals surface area contributed by atoms with Gasteiger partial charge in [-0.1, -0.05) is 0 Å². The van der Waals surface area contributed by atoms with Gasteiger partial charge in [-0.2, -0.15) is 0 Å². The van der Waals surface area contributed by atoms with E-state index in [1.165, 1.54) is 12.0 Å². The SMILES string of the molecule is NCC1(Cc2ccoc2)CCCCO1. The van der Waals surface area contributed by atoms with Gasteiger partial charge in [-0.15, -0.1) is 0 Å². The number of hydrogen-bond donors (Lipinski definition) is 1. The minimum Gasteiger partial charge on any atom is -0.472 e. The molecule has 0 aromatic carbocycles. The van der Waals surface area contributed by atoms with Crippen LogP contribution in [0.5, 0.6) is 0 Å². The zero-order chi connectivity index (χ0) is 9.86. The Bertz CT molecular complexity index is 263. The first-order chi connectivity index (χ1) is 6.85. The summed E-state index contributed by atoms with van der Waals surface area (Å²) in [6.07, 6.45) is 7.79. The van der Waals surface area contributed by atoms with Crippen molar-refractivity contribution in [2.75, 3.05) is 13.2 Å². The Morgan fingerprint density at radius 1 is 1.43 bits per heavy atom. The molecule has 14 heavy (non-hydrogen) atoms. The fraction of sp³-hybridized carbons (Fsp3) is 0.636. The highest BCUT2D eigenvalue weighted by atomic mass is 16.5. The molecule has 0 bridgehead atoms. The lowest BCUT2D eigenvalue weighted by atomic mass is 9.88. The van der Waals surface area contributed by atoms with Gasteiger partial charge < -0.3 is 14.9 Å². The first-order valence-corrected chi connectivity index (χ1v) is 5.20. The highest BCUT2D eigenvalue weighted by Gasteiger charge is 2.32. The average Bonchev–Trinajstić information content (AvgIpc) is 2.72. The summed E-state index contributed by atoms with van der Waals surface area (Å²) >= 11 is 0. The van der Waals surface area contributed by atoms with E-state index in [0.717, 1.165) is 25.9 Å². The van der Waals surface area contributed by atoms with Crippen LogP contribution in [0.15, 0.2) is 23.0 Å². The zero-order valence-corrected chi connectivity index (χ0v) is 8.37. The predicted octanol–water partition coefficient (Wildman–Crippen LogP) is 1.72. The molecule has 1 aromatic rings. The lowest BCUT2D eigenvalue weighted by Gasteiger charge is -2.36. The summed E-state index contributed by atoms with van der Waals surface area (Å²) in [5.41, 5.74) is 6.84. The molecule has 2 heterocycles. The summed E-state index contributed by atoms with van der Waals surface area (Å²) in [4.78, 5) is 0. The normalized spacial score (nSPS) is 27.8. The minimum absolute atomic E-state index is 0.137. The largest absolute Gasteiger partial charge is 0.472 e. The Balaban J connectivity index is 2.04. The van der Waals surface area contributed by atoms with Crippen LogP contribution in [0.2, 0.25) is 0 Å². The van der Waals surface area contributed by atoms with Crippen LogP contribution in [0.4, 0.5) is 0 Å². The van der Waals surface area contributed by atoms with Crippen molar-refractivity contribution in [3.8, 4) is 0 Å². The molecular weight excluding hydrogens is 178 g/mol. The maximum atomic E-state index is 5.82. The summed E-state index contributed by atoms with van der Waals surface area (Å²) in [6, 6.07) is 1.98. The second-order valence-electron chi connectivity index (χ2n) is 4.00. The van der Waals surface area contributed by atoms with Gasteiger partial charge in [-0.3, -0.25) is 0 Å². The third-order valence-electron chi connectivity index (χ3n) is 2.91. The van der Waals surface area contributed by atoms with Gasteiger partial charge in [0.2, 0.25) is 0 Å². The van der Waals surface area contributed by atoms with Crippen molar-refractivity contribution >= 4 is 0 Å². The zero-order valence-electron chi connectivity index (χ0n) is 8.37. The fourth-order valence-corrected chi connectivity index (χ4v) is 2.05. The van der Waals surface area contributed by atoms with Crippen molar-refractivity contribution in [3.63, 3.8) is 0 Å². The molecule has 2 N–H and O–H groups in total. The van der Waals surface area contributed by atoms with Crippen molar-refractivity contribution in [2.24, 2.45) is 5.73 Å². The molecule has 0 amide bonds. The summed E-state index contributed by atoms with van der Waals surface area (Å²) in [5, 5.41) is 0. The van der Waals surface area contributed by atoms with Crippen LogP contribution in [0.3, 0.4) is 0 Å². The van der Waals surface area contributed by atoms with Gasteiger partial charge in [0.05, 0.1) is 18.1 Å². The lowest BCUT2D eigenvalue weighted by molar-refractivity contribution is -0.0709. The third-order valence-corrected chi connectivity index (χ3v) is 2.91. The first kappa shape index (κ1) is 9.74. The summed E-state index contributed by atoms with van der Waals surface area (Å²) in [5.74, 6) is 0. The molecule has 1 atom stereocenters. The quantitative estimate of drug-likeness (QED) is 0.798. The van der Waals surface area contributed by atoms with E-state index in [1.807, 2.05) is 6.07 Å². The third kappa shape index (κ3) is 1.99. The van der Waals surface area contributed by atoms with Gasteiger partial charge in [-0.05, 0) is 30.9 Å². The van der Waals surface area contributed by atoms with Crippen LogP contribution in [0.25, 0.3) is 0 Å². The van der Waals surface area contributed by atoms with E-state index in [4.69, 9.17) is 14.9 Å². The van der Waals surface area contributed by atoms with Crippen LogP contribution >= 0.6 is 0 Å². The molecule has 1 aliphatic rings. The Hall–Kier alpha value is -0.800. The molecule has 2 rings (SSSR count). The second-order valence-corrected chi connectivity index (χ2v) is 4.00. The molecule has 1 aromatic heterocycles. The lowest BCUT2D eigenvalue weighted by Crippen LogP contribution is -2.45. The molecule has 3 nitrogen and oxygen atoms in total. The Morgan fingerprint density at radius 2 is 2.36 bits per heavy atom. The number of rotatable bonds is 3. The van der Waals surface area contributed by atoms with Crippen LogP contribution in [0, 0.1) is 0 Å². The van der Waals surface area contributed by atoms with Crippen LogP contribution in [-0.2, 0) is 11.2 Å².